The van der Waals surface area contributed by atoms with Gasteiger partial charge in [0.2, 0.25) is 5.91 Å². The van der Waals surface area contributed by atoms with E-state index in [0.717, 1.165) is 19.5 Å². The molecule has 2 rings (SSSR count). The number of carbonyl (C=O) groups excluding carboxylic acids is 1. The van der Waals surface area contributed by atoms with Crippen molar-refractivity contribution in [3.63, 3.8) is 0 Å². The van der Waals surface area contributed by atoms with Gasteiger partial charge in [-0.05, 0) is 18.9 Å². The molecule has 0 spiro atoms. The van der Waals surface area contributed by atoms with Gasteiger partial charge in [0.25, 0.3) is 0 Å². The first-order valence-electron chi connectivity index (χ1n) is 6.25. The van der Waals surface area contributed by atoms with Crippen LogP contribution in [-0.4, -0.2) is 29.9 Å². The Balaban J connectivity index is 1.94. The van der Waals surface area contributed by atoms with Crippen LogP contribution in [0, 0.1) is 0 Å². The fraction of sp³-hybridized carbons (Fsp3) is 0.500. The predicted molar refractivity (Wildman–Crippen MR) is 68.6 cm³/mol. The summed E-state index contributed by atoms with van der Waals surface area (Å²) in [5.41, 5.74) is 7.00. The van der Waals surface area contributed by atoms with Crippen molar-refractivity contribution in [2.75, 3.05) is 13.1 Å². The summed E-state index contributed by atoms with van der Waals surface area (Å²) in [4.78, 5) is 13.8. The number of nitrogens with two attached hydrogens (primary N) is 1. The van der Waals surface area contributed by atoms with Crippen LogP contribution in [0.15, 0.2) is 30.3 Å². The van der Waals surface area contributed by atoms with E-state index in [1.165, 1.54) is 5.56 Å². The molecule has 2 atom stereocenters. The molecule has 1 heterocycles. The first-order valence-corrected chi connectivity index (χ1v) is 6.25. The van der Waals surface area contributed by atoms with Gasteiger partial charge in [-0.25, -0.2) is 0 Å². The summed E-state index contributed by atoms with van der Waals surface area (Å²) in [5, 5.41) is 0. The van der Waals surface area contributed by atoms with Gasteiger partial charge >= 0.3 is 0 Å². The van der Waals surface area contributed by atoms with Gasteiger partial charge in [0.1, 0.15) is 0 Å². The van der Waals surface area contributed by atoms with Crippen LogP contribution in [-0.2, 0) is 4.79 Å². The Labute approximate surface area is 103 Å². The summed E-state index contributed by atoms with van der Waals surface area (Å²) >= 11 is 0. The number of benzene rings is 1. The summed E-state index contributed by atoms with van der Waals surface area (Å²) in [6.45, 7) is 3.59. The summed E-state index contributed by atoms with van der Waals surface area (Å²) in [7, 11) is 0. The highest BCUT2D eigenvalue weighted by atomic mass is 16.2. The van der Waals surface area contributed by atoms with Crippen molar-refractivity contribution in [2.45, 2.75) is 31.7 Å². The molecule has 1 aromatic carbocycles. The van der Waals surface area contributed by atoms with E-state index in [2.05, 4.69) is 24.3 Å². The summed E-state index contributed by atoms with van der Waals surface area (Å²) in [5.74, 6) is 0.687. The number of rotatable bonds is 3. The van der Waals surface area contributed by atoms with E-state index < -0.39 is 0 Å². The van der Waals surface area contributed by atoms with E-state index in [1.807, 2.05) is 17.9 Å². The molecule has 2 unspecified atom stereocenters. The summed E-state index contributed by atoms with van der Waals surface area (Å²) < 4.78 is 0. The van der Waals surface area contributed by atoms with Crippen molar-refractivity contribution in [3.8, 4) is 0 Å². The third-order valence-corrected chi connectivity index (χ3v) is 3.31. The molecule has 1 aromatic rings. The zero-order chi connectivity index (χ0) is 12.3. The molecule has 0 aromatic heterocycles. The first kappa shape index (κ1) is 12.1. The van der Waals surface area contributed by atoms with Gasteiger partial charge in [-0.15, -0.1) is 0 Å². The smallest absolute Gasteiger partial charge is 0.224 e. The number of carbonyl (C=O) groups is 1. The van der Waals surface area contributed by atoms with E-state index in [9.17, 15) is 4.79 Å². The Hall–Kier alpha value is -1.35. The molecule has 1 fully saturated rings. The second-order valence-electron chi connectivity index (χ2n) is 4.92. The second-order valence-corrected chi connectivity index (χ2v) is 4.92. The molecule has 1 aliphatic rings. The highest BCUT2D eigenvalue weighted by Gasteiger charge is 2.27. The van der Waals surface area contributed by atoms with Crippen molar-refractivity contribution < 1.29 is 4.79 Å². The topological polar surface area (TPSA) is 46.3 Å². The Bertz CT molecular complexity index is 375. The number of likely N-dealkylation sites (tertiary alicyclic amines) is 1. The van der Waals surface area contributed by atoms with Gasteiger partial charge in [-0.3, -0.25) is 4.79 Å². The lowest BCUT2D eigenvalue weighted by atomic mass is 9.99. The van der Waals surface area contributed by atoms with Gasteiger partial charge in [0.05, 0.1) is 0 Å². The Morgan fingerprint density at radius 3 is 2.82 bits per heavy atom. The molecular formula is C14H20N2O. The minimum Gasteiger partial charge on any atom is -0.342 e. The van der Waals surface area contributed by atoms with E-state index in [-0.39, 0.29) is 11.9 Å². The fourth-order valence-electron chi connectivity index (χ4n) is 2.39. The minimum atomic E-state index is -0.0433. The molecular weight excluding hydrogens is 212 g/mol. The zero-order valence-electron chi connectivity index (χ0n) is 10.3. The normalized spacial score (nSPS) is 21.5. The van der Waals surface area contributed by atoms with Crippen LogP contribution in [0.25, 0.3) is 0 Å². The van der Waals surface area contributed by atoms with Crippen molar-refractivity contribution in [1.82, 2.24) is 4.90 Å². The average molecular weight is 232 g/mol. The van der Waals surface area contributed by atoms with Gasteiger partial charge in [0, 0.05) is 31.5 Å². The lowest BCUT2D eigenvalue weighted by molar-refractivity contribution is -0.130. The van der Waals surface area contributed by atoms with Crippen LogP contribution < -0.4 is 5.73 Å². The lowest BCUT2D eigenvalue weighted by Gasteiger charge is -2.17. The predicted octanol–water partition coefficient (Wildman–Crippen LogP) is 1.74. The van der Waals surface area contributed by atoms with Crippen LogP contribution in [0.2, 0.25) is 0 Å². The van der Waals surface area contributed by atoms with Gasteiger partial charge < -0.3 is 10.6 Å². The first-order chi connectivity index (χ1) is 8.16. The second kappa shape index (κ2) is 5.32. The largest absolute Gasteiger partial charge is 0.342 e. The fourth-order valence-corrected chi connectivity index (χ4v) is 2.39. The van der Waals surface area contributed by atoms with E-state index in [0.29, 0.717) is 12.3 Å². The van der Waals surface area contributed by atoms with E-state index in [1.54, 1.807) is 0 Å². The maximum absolute atomic E-state index is 11.9. The molecule has 0 radical (unpaired) electrons. The average Bonchev–Trinajstić information content (AvgIpc) is 2.78. The third kappa shape index (κ3) is 3.07. The van der Waals surface area contributed by atoms with Crippen molar-refractivity contribution in [2.24, 2.45) is 5.73 Å². The maximum atomic E-state index is 11.9. The number of hydrogen-bond acceptors (Lipinski definition) is 2. The quantitative estimate of drug-likeness (QED) is 0.863. The summed E-state index contributed by atoms with van der Waals surface area (Å²) in [6.07, 6.45) is 1.52. The number of amides is 1. The van der Waals surface area contributed by atoms with Crippen LogP contribution >= 0.6 is 0 Å². The highest BCUT2D eigenvalue weighted by Crippen LogP contribution is 2.27. The Morgan fingerprint density at radius 1 is 1.47 bits per heavy atom. The molecule has 0 saturated carbocycles. The number of nitrogens with zero attached hydrogens (tertiary/aromatic N) is 1. The van der Waals surface area contributed by atoms with E-state index in [4.69, 9.17) is 5.73 Å². The zero-order valence-corrected chi connectivity index (χ0v) is 10.3. The van der Waals surface area contributed by atoms with Crippen LogP contribution in [0.1, 0.15) is 31.2 Å². The standard InChI is InChI=1S/C14H20N2O/c1-11(15)9-14(17)16-8-7-13(10-16)12-5-3-2-4-6-12/h2-6,11,13H,7-10,15H2,1H3. The van der Waals surface area contributed by atoms with Crippen molar-refractivity contribution in [3.05, 3.63) is 35.9 Å². The minimum absolute atomic E-state index is 0.0433. The van der Waals surface area contributed by atoms with Crippen molar-refractivity contribution >= 4 is 5.91 Å². The SMILES string of the molecule is CC(N)CC(=O)N1CCC(c2ccccc2)C1. The molecule has 92 valence electrons. The van der Waals surface area contributed by atoms with Crippen LogP contribution in [0.5, 0.6) is 0 Å². The molecule has 1 saturated heterocycles. The molecule has 1 amide bonds. The molecule has 0 bridgehead atoms. The van der Waals surface area contributed by atoms with Gasteiger partial charge in [-0.2, -0.15) is 0 Å². The van der Waals surface area contributed by atoms with E-state index >= 15 is 0 Å². The molecule has 3 nitrogen and oxygen atoms in total. The summed E-state index contributed by atoms with van der Waals surface area (Å²) in [6, 6.07) is 10.4. The van der Waals surface area contributed by atoms with Gasteiger partial charge in [-0.1, -0.05) is 30.3 Å². The Morgan fingerprint density at radius 2 is 2.18 bits per heavy atom. The lowest BCUT2D eigenvalue weighted by Crippen LogP contribution is -2.33. The monoisotopic (exact) mass is 232 g/mol. The Kier molecular flexibility index (Phi) is 3.79. The number of hydrogen-bond donors (Lipinski definition) is 1. The molecule has 3 heteroatoms. The van der Waals surface area contributed by atoms with Crippen LogP contribution in [0.3, 0.4) is 0 Å². The van der Waals surface area contributed by atoms with Crippen molar-refractivity contribution in [1.29, 1.82) is 0 Å². The van der Waals surface area contributed by atoms with Gasteiger partial charge in [0.15, 0.2) is 0 Å². The highest BCUT2D eigenvalue weighted by molar-refractivity contribution is 5.77. The molecule has 2 N–H and O–H groups in total. The molecule has 0 aliphatic carbocycles. The maximum Gasteiger partial charge on any atom is 0.224 e. The van der Waals surface area contributed by atoms with Crippen LogP contribution in [0.4, 0.5) is 0 Å². The molecule has 1 aliphatic heterocycles. The third-order valence-electron chi connectivity index (χ3n) is 3.31. The molecule has 17 heavy (non-hydrogen) atoms.